The Morgan fingerprint density at radius 2 is 1.91 bits per heavy atom. The molecule has 2 aliphatic heterocycles. The Labute approximate surface area is 209 Å². The molecule has 0 unspecified atom stereocenters. The number of nitrogens with one attached hydrogen (secondary N) is 2. The Balaban J connectivity index is 1.64. The average molecular weight is 492 g/mol. The van der Waals surface area contributed by atoms with Gasteiger partial charge in [-0.1, -0.05) is 29.8 Å². The van der Waals surface area contributed by atoms with Crippen molar-refractivity contribution >= 4 is 34.6 Å². The van der Waals surface area contributed by atoms with Gasteiger partial charge in [-0.2, -0.15) is 0 Å². The van der Waals surface area contributed by atoms with E-state index in [2.05, 4.69) is 10.6 Å². The van der Waals surface area contributed by atoms with Gasteiger partial charge in [-0.25, -0.2) is 4.39 Å². The lowest BCUT2D eigenvalue weighted by atomic mass is 9.78. The Bertz CT molecular complexity index is 1330. The van der Waals surface area contributed by atoms with Gasteiger partial charge in [0.05, 0.1) is 13.2 Å². The zero-order valence-electron chi connectivity index (χ0n) is 19.9. The summed E-state index contributed by atoms with van der Waals surface area (Å²) in [7, 11) is 1.58. The summed E-state index contributed by atoms with van der Waals surface area (Å²) in [5.41, 5.74) is 2.97. The summed E-state index contributed by atoms with van der Waals surface area (Å²) in [5, 5.41) is 6.83. The Morgan fingerprint density at radius 1 is 1.17 bits per heavy atom. The molecule has 0 aromatic heterocycles. The molecule has 35 heavy (non-hydrogen) atoms. The molecule has 1 amide bonds. The second-order valence-electron chi connectivity index (χ2n) is 9.06. The first-order valence-corrected chi connectivity index (χ1v) is 11.7. The highest BCUT2D eigenvalue weighted by Crippen LogP contribution is 2.52. The van der Waals surface area contributed by atoms with Gasteiger partial charge in [0, 0.05) is 16.9 Å². The van der Waals surface area contributed by atoms with Crippen LogP contribution in [0.4, 0.5) is 15.8 Å². The number of para-hydroxylation sites is 1. The number of halogens is 1. The minimum absolute atomic E-state index is 0.222. The van der Waals surface area contributed by atoms with Crippen molar-refractivity contribution in [2.75, 3.05) is 17.3 Å². The molecular formula is C27H26FN3O3S. The zero-order chi connectivity index (χ0) is 24.9. The zero-order valence-corrected chi connectivity index (χ0v) is 20.7. The smallest absolute Gasteiger partial charge is 0.236 e. The van der Waals surface area contributed by atoms with E-state index in [0.717, 1.165) is 22.4 Å². The summed E-state index contributed by atoms with van der Waals surface area (Å²) in [6, 6.07) is 17.0. The fraction of sp³-hybridized carbons (Fsp3) is 0.259. The van der Waals surface area contributed by atoms with Crippen molar-refractivity contribution in [1.82, 2.24) is 5.32 Å². The number of rotatable bonds is 4. The number of fused-ring (bicyclic) bond motifs is 4. The third-order valence-electron chi connectivity index (χ3n) is 6.72. The number of thiocarbonyl (C=S) groups is 1. The number of carbonyl (C=O) groups excluding carboxylic acids is 1. The summed E-state index contributed by atoms with van der Waals surface area (Å²) in [5.74, 6) is -0.200. The maximum absolute atomic E-state index is 13.9. The molecule has 0 spiro atoms. The first kappa shape index (κ1) is 23.1. The van der Waals surface area contributed by atoms with Gasteiger partial charge in [-0.05, 0) is 75.0 Å². The van der Waals surface area contributed by atoms with Crippen molar-refractivity contribution in [3.8, 4) is 11.5 Å². The summed E-state index contributed by atoms with van der Waals surface area (Å²) in [6.45, 7) is 5.80. The van der Waals surface area contributed by atoms with Crippen molar-refractivity contribution in [2.24, 2.45) is 5.92 Å². The largest absolute Gasteiger partial charge is 0.493 e. The van der Waals surface area contributed by atoms with Crippen LogP contribution in [0, 0.1) is 25.6 Å². The van der Waals surface area contributed by atoms with Gasteiger partial charge in [0.15, 0.2) is 22.3 Å². The number of hydrogen-bond donors (Lipinski definition) is 2. The number of aryl methyl sites for hydroxylation is 2. The number of carbonyl (C=O) groups is 1. The lowest BCUT2D eigenvalue weighted by Crippen LogP contribution is -2.72. The van der Waals surface area contributed by atoms with Crippen molar-refractivity contribution < 1.29 is 18.7 Å². The number of anilines is 2. The maximum atomic E-state index is 13.9. The standard InChI is InChI=1S/C27H26FN3O3S/c1-15-8-13-20(16(2)14-15)29-25(32)22-23-19-6-5-7-21(33-4)24(19)34-27(22,3)31(26(35)30-23)18-11-9-17(28)10-12-18/h5-14,22-23H,1-4H3,(H,29,32)(H,30,35)/t22-,23+,27+/m1/s1. The molecule has 3 atom stereocenters. The Hall–Kier alpha value is -3.65. The summed E-state index contributed by atoms with van der Waals surface area (Å²) < 4.78 is 25.9. The number of methoxy groups -OCH3 is 1. The molecule has 6 nitrogen and oxygen atoms in total. The van der Waals surface area contributed by atoms with E-state index in [4.69, 9.17) is 21.7 Å². The number of ether oxygens (including phenoxy) is 2. The van der Waals surface area contributed by atoms with Crippen molar-refractivity contribution in [1.29, 1.82) is 0 Å². The molecule has 0 aliphatic carbocycles. The lowest BCUT2D eigenvalue weighted by molar-refractivity contribution is -0.130. The third kappa shape index (κ3) is 3.78. The molecule has 0 radical (unpaired) electrons. The number of hydrogen-bond acceptors (Lipinski definition) is 4. The van der Waals surface area contributed by atoms with E-state index in [9.17, 15) is 9.18 Å². The van der Waals surface area contributed by atoms with Crippen LogP contribution in [0.2, 0.25) is 0 Å². The van der Waals surface area contributed by atoms with Crippen LogP contribution < -0.4 is 25.0 Å². The van der Waals surface area contributed by atoms with E-state index in [0.29, 0.717) is 22.3 Å². The van der Waals surface area contributed by atoms with Crippen LogP contribution in [0.25, 0.3) is 0 Å². The van der Waals surface area contributed by atoms with Crippen LogP contribution in [0.3, 0.4) is 0 Å². The molecular weight excluding hydrogens is 465 g/mol. The maximum Gasteiger partial charge on any atom is 0.236 e. The molecule has 3 aromatic rings. The number of nitrogens with zero attached hydrogens (tertiary/aromatic N) is 1. The van der Waals surface area contributed by atoms with E-state index in [1.165, 1.54) is 12.1 Å². The minimum Gasteiger partial charge on any atom is -0.493 e. The molecule has 2 heterocycles. The van der Waals surface area contributed by atoms with Gasteiger partial charge < -0.3 is 20.1 Å². The molecule has 2 aliphatic rings. The summed E-state index contributed by atoms with van der Waals surface area (Å²) >= 11 is 5.74. The first-order chi connectivity index (χ1) is 16.7. The highest BCUT2D eigenvalue weighted by atomic mass is 32.1. The van der Waals surface area contributed by atoms with Crippen LogP contribution in [-0.4, -0.2) is 23.9 Å². The highest BCUT2D eigenvalue weighted by molar-refractivity contribution is 7.80. The second kappa shape index (κ2) is 8.53. The first-order valence-electron chi connectivity index (χ1n) is 11.3. The summed E-state index contributed by atoms with van der Waals surface area (Å²) in [4.78, 5) is 15.7. The molecule has 8 heteroatoms. The fourth-order valence-corrected chi connectivity index (χ4v) is 5.49. The van der Waals surface area contributed by atoms with Gasteiger partial charge >= 0.3 is 0 Å². The monoisotopic (exact) mass is 491 g/mol. The van der Waals surface area contributed by atoms with Crippen LogP contribution in [0.15, 0.2) is 60.7 Å². The van der Waals surface area contributed by atoms with Crippen molar-refractivity contribution in [3.63, 3.8) is 0 Å². The average Bonchev–Trinajstić information content (AvgIpc) is 2.81. The second-order valence-corrected chi connectivity index (χ2v) is 9.45. The molecule has 5 rings (SSSR count). The van der Waals surface area contributed by atoms with E-state index in [1.807, 2.05) is 57.2 Å². The molecule has 0 saturated carbocycles. The predicted molar refractivity (Wildman–Crippen MR) is 137 cm³/mol. The molecule has 1 saturated heterocycles. The van der Waals surface area contributed by atoms with E-state index in [-0.39, 0.29) is 11.7 Å². The fourth-order valence-electron chi connectivity index (χ4n) is 5.07. The SMILES string of the molecule is COc1cccc2c1O[C@@]1(C)[C@@H](C(=O)Nc3ccc(C)cc3C)[C@H]2NC(=S)N1c1ccc(F)cc1. The van der Waals surface area contributed by atoms with E-state index in [1.54, 1.807) is 24.1 Å². The predicted octanol–water partition coefficient (Wildman–Crippen LogP) is 5.25. The minimum atomic E-state index is -1.23. The molecule has 3 aromatic carbocycles. The van der Waals surface area contributed by atoms with Gasteiger partial charge in [0.2, 0.25) is 5.91 Å². The molecule has 1 fully saturated rings. The van der Waals surface area contributed by atoms with Gasteiger partial charge in [-0.15, -0.1) is 0 Å². The highest BCUT2D eigenvalue weighted by Gasteiger charge is 2.59. The van der Waals surface area contributed by atoms with Gasteiger partial charge in [-0.3, -0.25) is 9.69 Å². The molecule has 2 bridgehead atoms. The quantitative estimate of drug-likeness (QED) is 0.486. The number of amides is 1. The van der Waals surface area contributed by atoms with Crippen molar-refractivity contribution in [3.05, 3.63) is 83.2 Å². The van der Waals surface area contributed by atoms with Crippen LogP contribution >= 0.6 is 12.2 Å². The van der Waals surface area contributed by atoms with E-state index >= 15 is 0 Å². The van der Waals surface area contributed by atoms with Gasteiger partial charge in [0.25, 0.3) is 0 Å². The Kier molecular flexibility index (Phi) is 5.63. The topological polar surface area (TPSA) is 62.8 Å². The Morgan fingerprint density at radius 3 is 2.60 bits per heavy atom. The normalized spacial score (nSPS) is 22.5. The lowest BCUT2D eigenvalue weighted by Gasteiger charge is -2.56. The van der Waals surface area contributed by atoms with Crippen LogP contribution in [-0.2, 0) is 4.79 Å². The van der Waals surface area contributed by atoms with Gasteiger partial charge in [0.1, 0.15) is 11.7 Å². The molecule has 2 N–H and O–H groups in total. The molecule has 180 valence electrons. The van der Waals surface area contributed by atoms with Crippen LogP contribution in [0.1, 0.15) is 29.7 Å². The van der Waals surface area contributed by atoms with Crippen LogP contribution in [0.5, 0.6) is 11.5 Å². The summed E-state index contributed by atoms with van der Waals surface area (Å²) in [6.07, 6.45) is 0. The van der Waals surface area contributed by atoms with Crippen molar-refractivity contribution in [2.45, 2.75) is 32.5 Å². The third-order valence-corrected chi connectivity index (χ3v) is 7.02. The van der Waals surface area contributed by atoms with E-state index < -0.39 is 17.7 Å². The number of benzene rings is 3.